The van der Waals surface area contributed by atoms with E-state index < -0.39 is 36.4 Å². The average Bonchev–Trinajstić information content (AvgIpc) is 3.27. The number of nitrogens with one attached hydrogen (secondary N) is 4. The standard InChI is InChI=1S/C28H32Cl2F5N5O2/c1-27(2,3)13-36-12-14-4-9-18(29)23(22(14)30)40-26-38-19-10-17(21(42-25(31)32)11-20(19)39-26)24(41)37-16-7-5-15(6-8-16)28(33,34)35/h4,9-11,15-16,25,36H,5-8,12-13H2,1-3H3,(H,37,41)(H2,38,39,40). The van der Waals surface area contributed by atoms with Gasteiger partial charge in [-0.05, 0) is 48.8 Å². The predicted molar refractivity (Wildman–Crippen MR) is 153 cm³/mol. The summed E-state index contributed by atoms with van der Waals surface area (Å²) in [5, 5.41) is 9.72. The molecule has 1 aliphatic carbocycles. The van der Waals surface area contributed by atoms with Gasteiger partial charge in [-0.3, -0.25) is 4.79 Å². The second kappa shape index (κ2) is 12.8. The first-order valence-corrected chi connectivity index (χ1v) is 14.2. The smallest absolute Gasteiger partial charge is 0.391 e. The molecule has 14 heteroatoms. The number of hydrogen-bond acceptors (Lipinski definition) is 5. The third-order valence-corrected chi connectivity index (χ3v) is 7.70. The van der Waals surface area contributed by atoms with Crippen molar-refractivity contribution in [3.8, 4) is 5.75 Å². The molecule has 1 amide bonds. The quantitative estimate of drug-likeness (QED) is 0.178. The van der Waals surface area contributed by atoms with Crippen molar-refractivity contribution in [2.45, 2.75) is 71.8 Å². The molecule has 1 aromatic heterocycles. The molecule has 1 saturated carbocycles. The Morgan fingerprint density at radius 2 is 1.81 bits per heavy atom. The van der Waals surface area contributed by atoms with Crippen LogP contribution < -0.4 is 20.7 Å². The highest BCUT2D eigenvalue weighted by molar-refractivity contribution is 6.39. The van der Waals surface area contributed by atoms with E-state index in [0.29, 0.717) is 27.8 Å². The van der Waals surface area contributed by atoms with E-state index >= 15 is 0 Å². The summed E-state index contributed by atoms with van der Waals surface area (Å²) in [5.41, 5.74) is 1.57. The maximum atomic E-state index is 13.2. The fourth-order valence-electron chi connectivity index (χ4n) is 4.83. The molecule has 0 saturated heterocycles. The number of nitrogens with zero attached hydrogens (tertiary/aromatic N) is 1. The number of amides is 1. The minimum atomic E-state index is -4.29. The van der Waals surface area contributed by atoms with E-state index in [1.54, 1.807) is 12.1 Å². The number of H-pyrrole nitrogens is 1. The number of anilines is 2. The number of imidazole rings is 1. The van der Waals surface area contributed by atoms with Crippen molar-refractivity contribution in [1.82, 2.24) is 20.6 Å². The second-order valence-corrected chi connectivity index (χ2v) is 12.4. The normalized spacial score (nSPS) is 18.0. The summed E-state index contributed by atoms with van der Waals surface area (Å²) in [7, 11) is 0. The van der Waals surface area contributed by atoms with Gasteiger partial charge in [-0.1, -0.05) is 50.0 Å². The lowest BCUT2D eigenvalue weighted by molar-refractivity contribution is -0.182. The molecule has 1 fully saturated rings. The number of alkyl halides is 5. The molecule has 230 valence electrons. The second-order valence-electron chi connectivity index (χ2n) is 11.6. The fourth-order valence-corrected chi connectivity index (χ4v) is 5.37. The fraction of sp³-hybridized carbons (Fsp3) is 0.500. The van der Waals surface area contributed by atoms with E-state index in [9.17, 15) is 26.7 Å². The number of fused-ring (bicyclic) bond motifs is 1. The largest absolute Gasteiger partial charge is 0.434 e. The number of hydrogen-bond donors (Lipinski definition) is 4. The zero-order valence-electron chi connectivity index (χ0n) is 23.2. The Bertz CT molecular complexity index is 1420. The molecule has 1 aliphatic rings. The monoisotopic (exact) mass is 635 g/mol. The first-order valence-electron chi connectivity index (χ1n) is 13.4. The highest BCUT2D eigenvalue weighted by Crippen LogP contribution is 2.38. The summed E-state index contributed by atoms with van der Waals surface area (Å²) < 4.78 is 70.0. The number of rotatable bonds is 9. The van der Waals surface area contributed by atoms with Crippen LogP contribution in [-0.2, 0) is 6.54 Å². The number of halogens is 7. The van der Waals surface area contributed by atoms with Crippen LogP contribution in [0.5, 0.6) is 5.75 Å². The van der Waals surface area contributed by atoms with Gasteiger partial charge in [0.1, 0.15) is 5.75 Å². The van der Waals surface area contributed by atoms with Gasteiger partial charge in [-0.25, -0.2) is 4.98 Å². The summed E-state index contributed by atoms with van der Waals surface area (Å²) >= 11 is 13.0. The van der Waals surface area contributed by atoms with Gasteiger partial charge in [0.15, 0.2) is 0 Å². The van der Waals surface area contributed by atoms with Crippen LogP contribution >= 0.6 is 23.2 Å². The Morgan fingerprint density at radius 3 is 2.43 bits per heavy atom. The van der Waals surface area contributed by atoms with Crippen molar-refractivity contribution in [2.24, 2.45) is 11.3 Å². The van der Waals surface area contributed by atoms with Gasteiger partial charge in [0.2, 0.25) is 5.95 Å². The van der Waals surface area contributed by atoms with Crippen LogP contribution in [0.25, 0.3) is 11.0 Å². The Labute approximate surface area is 249 Å². The SMILES string of the molecule is CC(C)(C)CNCc1ccc(Cl)c(Nc2nc3cc(OC(F)F)c(C(=O)NC4CCC(C(F)(F)F)CC4)cc3[nH]2)c1Cl. The zero-order chi connectivity index (χ0) is 30.8. The van der Waals surface area contributed by atoms with Crippen LogP contribution in [0.2, 0.25) is 10.0 Å². The third kappa shape index (κ3) is 8.17. The summed E-state index contributed by atoms with van der Waals surface area (Å²) in [5.74, 6) is -2.40. The number of carbonyl (C=O) groups is 1. The highest BCUT2D eigenvalue weighted by atomic mass is 35.5. The first kappa shape index (κ1) is 32.1. The predicted octanol–water partition coefficient (Wildman–Crippen LogP) is 8.20. The van der Waals surface area contributed by atoms with Crippen LogP contribution in [-0.4, -0.2) is 41.2 Å². The summed E-state index contributed by atoms with van der Waals surface area (Å²) in [4.78, 5) is 20.4. The molecule has 0 aliphatic heterocycles. The minimum Gasteiger partial charge on any atom is -0.434 e. The van der Waals surface area contributed by atoms with Crippen molar-refractivity contribution in [2.75, 3.05) is 11.9 Å². The molecule has 4 rings (SSSR count). The van der Waals surface area contributed by atoms with E-state index in [0.717, 1.165) is 12.1 Å². The number of aromatic nitrogens is 2. The molecule has 1 heterocycles. The number of carbonyl (C=O) groups excluding carboxylic acids is 1. The van der Waals surface area contributed by atoms with Gasteiger partial charge >= 0.3 is 12.8 Å². The van der Waals surface area contributed by atoms with Gasteiger partial charge in [0.05, 0.1) is 38.2 Å². The van der Waals surface area contributed by atoms with E-state index in [2.05, 4.69) is 51.4 Å². The third-order valence-electron chi connectivity index (χ3n) is 6.95. The molecule has 7 nitrogen and oxygen atoms in total. The average molecular weight is 636 g/mol. The summed E-state index contributed by atoms with van der Waals surface area (Å²) in [6.45, 7) is 4.34. The maximum absolute atomic E-state index is 13.2. The van der Waals surface area contributed by atoms with Crippen molar-refractivity contribution in [3.05, 3.63) is 45.4 Å². The molecule has 0 radical (unpaired) electrons. The van der Waals surface area contributed by atoms with E-state index in [1.807, 2.05) is 0 Å². The van der Waals surface area contributed by atoms with Crippen LogP contribution in [0, 0.1) is 11.3 Å². The van der Waals surface area contributed by atoms with Gasteiger partial charge < -0.3 is 25.7 Å². The van der Waals surface area contributed by atoms with Gasteiger partial charge in [0, 0.05) is 25.2 Å². The van der Waals surface area contributed by atoms with Crippen molar-refractivity contribution < 1.29 is 31.5 Å². The van der Waals surface area contributed by atoms with Gasteiger partial charge in [-0.15, -0.1) is 0 Å². The minimum absolute atomic E-state index is 0.0729. The Hall–Kier alpha value is -2.83. The van der Waals surface area contributed by atoms with Gasteiger partial charge in [0.25, 0.3) is 5.91 Å². The van der Waals surface area contributed by atoms with E-state index in [1.165, 1.54) is 12.1 Å². The molecule has 0 unspecified atom stereocenters. The summed E-state index contributed by atoms with van der Waals surface area (Å²) in [6, 6.07) is 5.45. The van der Waals surface area contributed by atoms with E-state index in [4.69, 9.17) is 23.2 Å². The topological polar surface area (TPSA) is 91.1 Å². The molecular formula is C28H32Cl2F5N5O2. The molecule has 4 N–H and O–H groups in total. The van der Waals surface area contributed by atoms with Crippen LogP contribution in [0.4, 0.5) is 33.6 Å². The van der Waals surface area contributed by atoms with Gasteiger partial charge in [-0.2, -0.15) is 22.0 Å². The van der Waals surface area contributed by atoms with Crippen molar-refractivity contribution in [3.63, 3.8) is 0 Å². The Morgan fingerprint density at radius 1 is 1.12 bits per heavy atom. The lowest BCUT2D eigenvalue weighted by atomic mass is 9.85. The molecule has 0 spiro atoms. The summed E-state index contributed by atoms with van der Waals surface area (Å²) in [6.07, 6.45) is -4.30. The number of ether oxygens (including phenoxy) is 1. The number of benzene rings is 2. The molecule has 2 aromatic carbocycles. The van der Waals surface area contributed by atoms with Crippen LogP contribution in [0.3, 0.4) is 0 Å². The molecule has 3 aromatic rings. The zero-order valence-corrected chi connectivity index (χ0v) is 24.7. The molecule has 0 atom stereocenters. The maximum Gasteiger partial charge on any atom is 0.391 e. The Kier molecular flexibility index (Phi) is 9.79. The number of aromatic amines is 1. The van der Waals surface area contributed by atoms with Crippen LogP contribution in [0.1, 0.15) is 62.4 Å². The van der Waals surface area contributed by atoms with E-state index in [-0.39, 0.29) is 48.1 Å². The molecular weight excluding hydrogens is 604 g/mol. The lowest BCUT2D eigenvalue weighted by Gasteiger charge is -2.30. The Balaban J connectivity index is 1.55. The van der Waals surface area contributed by atoms with Crippen LogP contribution in [0.15, 0.2) is 24.3 Å². The highest BCUT2D eigenvalue weighted by Gasteiger charge is 2.41. The lowest BCUT2D eigenvalue weighted by Crippen LogP contribution is -2.40. The first-order chi connectivity index (χ1) is 19.6. The molecule has 0 bridgehead atoms. The van der Waals surface area contributed by atoms with Crippen molar-refractivity contribution >= 4 is 51.8 Å². The molecule has 42 heavy (non-hydrogen) atoms. The van der Waals surface area contributed by atoms with Crippen molar-refractivity contribution in [1.29, 1.82) is 0 Å².